The van der Waals surface area contributed by atoms with E-state index in [0.717, 1.165) is 37.3 Å². The molecule has 1 N–H and O–H groups in total. The molecule has 2 aliphatic heterocycles. The van der Waals surface area contributed by atoms with E-state index in [-0.39, 0.29) is 5.56 Å². The predicted octanol–water partition coefficient (Wildman–Crippen LogP) is 1.85. The van der Waals surface area contributed by atoms with E-state index in [0.29, 0.717) is 31.6 Å². The first-order chi connectivity index (χ1) is 12.7. The molecular weight excluding hydrogens is 328 g/mol. The number of benzene rings is 1. The van der Waals surface area contributed by atoms with Crippen molar-refractivity contribution < 1.29 is 9.84 Å². The van der Waals surface area contributed by atoms with Gasteiger partial charge in [-0.2, -0.15) is 0 Å². The second-order valence-electron chi connectivity index (χ2n) is 7.57. The van der Waals surface area contributed by atoms with Crippen LogP contribution >= 0.6 is 0 Å². The Hall–Kier alpha value is -1.95. The van der Waals surface area contributed by atoms with Crippen LogP contribution in [0.15, 0.2) is 53.3 Å². The van der Waals surface area contributed by atoms with Gasteiger partial charge >= 0.3 is 0 Å². The molecule has 1 fully saturated rings. The molecule has 2 aromatic rings. The average molecular weight is 354 g/mol. The summed E-state index contributed by atoms with van der Waals surface area (Å²) in [6, 6.07) is 15.6. The number of nitrogens with zero attached hydrogens (tertiary/aromatic N) is 2. The molecule has 0 aliphatic carbocycles. The van der Waals surface area contributed by atoms with Crippen LogP contribution in [0.25, 0.3) is 0 Å². The standard InChI is InChI=1S/C21H26N2O3/c24-19(15-26-14-16-5-2-1-3-6-16)13-22-10-17-9-18(12-22)20-7-4-8-21(25)23(20)11-17/h1-8,17-19,24H,9-15H2/t17-,18?,19?/m0/s1. The Morgan fingerprint density at radius 1 is 1.08 bits per heavy atom. The fourth-order valence-corrected chi connectivity index (χ4v) is 4.38. The summed E-state index contributed by atoms with van der Waals surface area (Å²) in [5.41, 5.74) is 2.38. The maximum atomic E-state index is 12.1. The van der Waals surface area contributed by atoms with E-state index in [4.69, 9.17) is 4.74 Å². The summed E-state index contributed by atoms with van der Waals surface area (Å²) in [6.07, 6.45) is 0.649. The number of β-amino-alcohol motifs (C(OH)–C–C–N with tert-alkyl or cyclic N) is 1. The van der Waals surface area contributed by atoms with Gasteiger partial charge in [-0.05, 0) is 24.0 Å². The van der Waals surface area contributed by atoms with Gasteiger partial charge in [0.1, 0.15) is 0 Å². The maximum absolute atomic E-state index is 12.1. The molecule has 0 amide bonds. The minimum Gasteiger partial charge on any atom is -0.389 e. The maximum Gasteiger partial charge on any atom is 0.250 e. The topological polar surface area (TPSA) is 54.7 Å². The smallest absolute Gasteiger partial charge is 0.250 e. The van der Waals surface area contributed by atoms with E-state index in [9.17, 15) is 9.90 Å². The summed E-state index contributed by atoms with van der Waals surface area (Å²) in [6.45, 7) is 4.13. The number of piperidine rings is 1. The summed E-state index contributed by atoms with van der Waals surface area (Å²) in [4.78, 5) is 14.4. The van der Waals surface area contributed by atoms with Gasteiger partial charge in [0.25, 0.3) is 5.56 Å². The van der Waals surface area contributed by atoms with E-state index in [1.807, 2.05) is 41.0 Å². The van der Waals surface area contributed by atoms with Crippen molar-refractivity contribution in [3.63, 3.8) is 0 Å². The molecule has 0 spiro atoms. The minimum absolute atomic E-state index is 0.111. The van der Waals surface area contributed by atoms with Crippen molar-refractivity contribution in [2.75, 3.05) is 26.2 Å². The predicted molar refractivity (Wildman–Crippen MR) is 100 cm³/mol. The molecule has 0 radical (unpaired) electrons. The Balaban J connectivity index is 1.30. The summed E-state index contributed by atoms with van der Waals surface area (Å²) in [5.74, 6) is 0.868. The molecule has 138 valence electrons. The number of pyridine rings is 1. The molecule has 2 unspecified atom stereocenters. The molecule has 26 heavy (non-hydrogen) atoms. The highest BCUT2D eigenvalue weighted by Gasteiger charge is 2.34. The van der Waals surface area contributed by atoms with Gasteiger partial charge in [-0.15, -0.1) is 0 Å². The molecule has 5 heteroatoms. The third-order valence-electron chi connectivity index (χ3n) is 5.45. The van der Waals surface area contributed by atoms with Crippen LogP contribution in [0.1, 0.15) is 23.6 Å². The van der Waals surface area contributed by atoms with Gasteiger partial charge in [0.2, 0.25) is 0 Å². The summed E-state index contributed by atoms with van der Waals surface area (Å²) >= 11 is 0. The summed E-state index contributed by atoms with van der Waals surface area (Å²) < 4.78 is 7.61. The number of rotatable bonds is 6. The van der Waals surface area contributed by atoms with Gasteiger partial charge in [-0.3, -0.25) is 9.69 Å². The minimum atomic E-state index is -0.490. The zero-order valence-electron chi connectivity index (χ0n) is 15.0. The molecule has 1 aromatic carbocycles. The summed E-state index contributed by atoms with van der Waals surface area (Å²) in [5, 5.41) is 10.4. The van der Waals surface area contributed by atoms with Gasteiger partial charge in [0.15, 0.2) is 0 Å². The third-order valence-corrected chi connectivity index (χ3v) is 5.45. The van der Waals surface area contributed by atoms with E-state index in [1.54, 1.807) is 6.07 Å². The Morgan fingerprint density at radius 2 is 1.92 bits per heavy atom. The van der Waals surface area contributed by atoms with E-state index < -0.39 is 6.10 Å². The van der Waals surface area contributed by atoms with Crippen LogP contribution in [0, 0.1) is 5.92 Å². The Kier molecular flexibility index (Phi) is 5.20. The molecule has 4 rings (SSSR count). The van der Waals surface area contributed by atoms with Crippen molar-refractivity contribution in [1.82, 2.24) is 9.47 Å². The molecule has 3 atom stereocenters. The normalized spacial score (nSPS) is 23.4. The lowest BCUT2D eigenvalue weighted by Crippen LogP contribution is -2.49. The molecular formula is C21H26N2O3. The lowest BCUT2D eigenvalue weighted by molar-refractivity contribution is -0.00248. The third kappa shape index (κ3) is 3.90. The van der Waals surface area contributed by atoms with Gasteiger partial charge in [0.05, 0.1) is 19.3 Å². The van der Waals surface area contributed by atoms with Crippen molar-refractivity contribution in [2.45, 2.75) is 31.6 Å². The first-order valence-corrected chi connectivity index (χ1v) is 9.41. The summed E-state index contributed by atoms with van der Waals surface area (Å²) in [7, 11) is 0. The van der Waals surface area contributed by atoms with Crippen LogP contribution in [-0.2, 0) is 17.9 Å². The molecule has 2 bridgehead atoms. The first kappa shape index (κ1) is 17.5. The van der Waals surface area contributed by atoms with Crippen LogP contribution in [0.4, 0.5) is 0 Å². The SMILES string of the molecule is O=c1cccc2n1C[C@H]1CC2CN(CC(O)COCc2ccccc2)C1. The zero-order chi connectivity index (χ0) is 17.9. The highest BCUT2D eigenvalue weighted by Crippen LogP contribution is 2.34. The molecule has 0 saturated carbocycles. The first-order valence-electron chi connectivity index (χ1n) is 9.41. The fraction of sp³-hybridized carbons (Fsp3) is 0.476. The monoisotopic (exact) mass is 354 g/mol. The molecule has 3 heterocycles. The van der Waals surface area contributed by atoms with E-state index in [2.05, 4.69) is 11.0 Å². The zero-order valence-corrected chi connectivity index (χ0v) is 15.0. The number of fused-ring (bicyclic) bond motifs is 4. The fourth-order valence-electron chi connectivity index (χ4n) is 4.38. The second kappa shape index (κ2) is 7.74. The number of hydrogen-bond acceptors (Lipinski definition) is 4. The molecule has 5 nitrogen and oxygen atoms in total. The Morgan fingerprint density at radius 3 is 2.77 bits per heavy atom. The number of likely N-dealkylation sites (tertiary alicyclic amines) is 1. The largest absolute Gasteiger partial charge is 0.389 e. The lowest BCUT2D eigenvalue weighted by atomic mass is 9.83. The van der Waals surface area contributed by atoms with Crippen molar-refractivity contribution in [1.29, 1.82) is 0 Å². The Labute approximate surface area is 153 Å². The number of aliphatic hydroxyl groups is 1. The van der Waals surface area contributed by atoms with Gasteiger partial charge in [-0.25, -0.2) is 0 Å². The number of aliphatic hydroxyl groups excluding tert-OH is 1. The Bertz CT molecular complexity index is 789. The van der Waals surface area contributed by atoms with Crippen molar-refractivity contribution in [3.05, 3.63) is 70.1 Å². The van der Waals surface area contributed by atoms with Crippen LogP contribution in [0.2, 0.25) is 0 Å². The molecule has 1 aromatic heterocycles. The lowest BCUT2D eigenvalue weighted by Gasteiger charge is -2.43. The second-order valence-corrected chi connectivity index (χ2v) is 7.57. The van der Waals surface area contributed by atoms with Crippen molar-refractivity contribution in [2.24, 2.45) is 5.92 Å². The van der Waals surface area contributed by atoms with E-state index in [1.165, 1.54) is 0 Å². The average Bonchev–Trinajstić information content (AvgIpc) is 2.63. The highest BCUT2D eigenvalue weighted by molar-refractivity contribution is 5.17. The van der Waals surface area contributed by atoms with Crippen LogP contribution in [0.5, 0.6) is 0 Å². The highest BCUT2D eigenvalue weighted by atomic mass is 16.5. The van der Waals surface area contributed by atoms with Crippen LogP contribution < -0.4 is 5.56 Å². The molecule has 1 saturated heterocycles. The quantitative estimate of drug-likeness (QED) is 0.860. The van der Waals surface area contributed by atoms with Crippen LogP contribution in [0.3, 0.4) is 0 Å². The van der Waals surface area contributed by atoms with Crippen molar-refractivity contribution >= 4 is 0 Å². The van der Waals surface area contributed by atoms with Crippen LogP contribution in [-0.4, -0.2) is 46.9 Å². The van der Waals surface area contributed by atoms with E-state index >= 15 is 0 Å². The van der Waals surface area contributed by atoms with Gasteiger partial charge in [0, 0.05) is 43.9 Å². The number of ether oxygens (including phenoxy) is 1. The van der Waals surface area contributed by atoms with Gasteiger partial charge in [-0.1, -0.05) is 36.4 Å². The molecule has 2 aliphatic rings. The number of hydrogen-bond donors (Lipinski definition) is 1. The van der Waals surface area contributed by atoms with Gasteiger partial charge < -0.3 is 14.4 Å². The van der Waals surface area contributed by atoms with Crippen molar-refractivity contribution in [3.8, 4) is 0 Å². The number of aromatic nitrogens is 1.